The van der Waals surface area contributed by atoms with Crippen LogP contribution in [0.15, 0.2) is 24.8 Å². The van der Waals surface area contributed by atoms with Crippen LogP contribution in [-0.2, 0) is 4.79 Å². The van der Waals surface area contributed by atoms with E-state index in [2.05, 4.69) is 6.58 Å². The third-order valence-electron chi connectivity index (χ3n) is 2.04. The number of nitrogens with zero attached hydrogens (tertiary/aromatic N) is 1. The van der Waals surface area contributed by atoms with Crippen LogP contribution in [0.1, 0.15) is 5.56 Å². The first kappa shape index (κ1) is 11.2. The Bertz CT molecular complexity index is 413. The number of halogens is 1. The van der Waals surface area contributed by atoms with Crippen molar-refractivity contribution in [3.05, 3.63) is 36.2 Å². The Kier molecular flexibility index (Phi) is 3.09. The lowest BCUT2D eigenvalue weighted by Gasteiger charge is -2.14. The highest BCUT2D eigenvalue weighted by Gasteiger charge is 2.11. The van der Waals surface area contributed by atoms with Gasteiger partial charge in [0.05, 0.1) is 11.3 Å². The molecule has 0 amide bonds. The van der Waals surface area contributed by atoms with Gasteiger partial charge >= 0.3 is 5.97 Å². The Balaban J connectivity index is 3.12. The van der Waals surface area contributed by atoms with Crippen LogP contribution in [0.25, 0.3) is 5.57 Å². The first-order chi connectivity index (χ1) is 6.93. The molecule has 0 aliphatic rings. The fraction of sp³-hybridized carbons (Fsp3) is 0.182. The van der Waals surface area contributed by atoms with Gasteiger partial charge in [-0.2, -0.15) is 0 Å². The predicted octanol–water partition coefficient (Wildman–Crippen LogP) is 1.99. The van der Waals surface area contributed by atoms with E-state index in [0.29, 0.717) is 5.69 Å². The zero-order chi connectivity index (χ0) is 11.6. The fourth-order valence-corrected chi connectivity index (χ4v) is 1.18. The zero-order valence-electron chi connectivity index (χ0n) is 8.62. The summed E-state index contributed by atoms with van der Waals surface area (Å²) in [6.45, 7) is 3.36. The van der Waals surface area contributed by atoms with Crippen LogP contribution in [-0.4, -0.2) is 25.2 Å². The molecule has 4 heteroatoms. The topological polar surface area (TPSA) is 40.5 Å². The van der Waals surface area contributed by atoms with E-state index in [0.717, 1.165) is 0 Å². The molecule has 80 valence electrons. The van der Waals surface area contributed by atoms with Crippen LogP contribution < -0.4 is 4.90 Å². The normalized spacial score (nSPS) is 9.80. The summed E-state index contributed by atoms with van der Waals surface area (Å²) in [5.74, 6) is -1.60. The molecule has 0 atom stereocenters. The molecule has 3 nitrogen and oxygen atoms in total. The maximum atomic E-state index is 13.4. The SMILES string of the molecule is C=C(C(=O)O)c1ccc(N(C)C)c(F)c1. The Hall–Kier alpha value is -1.84. The molecule has 0 bridgehead atoms. The molecule has 1 aromatic carbocycles. The summed E-state index contributed by atoms with van der Waals surface area (Å²) in [5.41, 5.74) is 0.585. The Morgan fingerprint density at radius 1 is 1.47 bits per heavy atom. The maximum absolute atomic E-state index is 13.4. The minimum atomic E-state index is -1.15. The van der Waals surface area contributed by atoms with Gasteiger partial charge in [-0.3, -0.25) is 0 Å². The highest BCUT2D eigenvalue weighted by molar-refractivity contribution is 6.14. The molecule has 0 aliphatic carbocycles. The average Bonchev–Trinajstić information content (AvgIpc) is 2.15. The molecule has 0 fully saturated rings. The van der Waals surface area contributed by atoms with Crippen molar-refractivity contribution >= 4 is 17.2 Å². The van der Waals surface area contributed by atoms with Gasteiger partial charge in [-0.05, 0) is 17.7 Å². The fourth-order valence-electron chi connectivity index (χ4n) is 1.18. The smallest absolute Gasteiger partial charge is 0.335 e. The van der Waals surface area contributed by atoms with E-state index >= 15 is 0 Å². The second-order valence-electron chi connectivity index (χ2n) is 3.34. The first-order valence-electron chi connectivity index (χ1n) is 4.33. The number of benzene rings is 1. The van der Waals surface area contributed by atoms with Crippen molar-refractivity contribution in [1.29, 1.82) is 0 Å². The highest BCUT2D eigenvalue weighted by Crippen LogP contribution is 2.21. The van der Waals surface area contributed by atoms with Crippen molar-refractivity contribution in [2.75, 3.05) is 19.0 Å². The summed E-state index contributed by atoms with van der Waals surface area (Å²) in [7, 11) is 3.42. The minimum absolute atomic E-state index is 0.112. The van der Waals surface area contributed by atoms with Gasteiger partial charge in [0.2, 0.25) is 0 Å². The van der Waals surface area contributed by atoms with E-state index in [-0.39, 0.29) is 11.1 Å². The summed E-state index contributed by atoms with van der Waals surface area (Å²) >= 11 is 0. The molecule has 0 spiro atoms. The lowest BCUT2D eigenvalue weighted by atomic mass is 10.1. The molecule has 0 saturated carbocycles. The van der Waals surface area contributed by atoms with Gasteiger partial charge in [0, 0.05) is 14.1 Å². The largest absolute Gasteiger partial charge is 0.478 e. The molecule has 0 heterocycles. The van der Waals surface area contributed by atoms with Crippen molar-refractivity contribution in [2.24, 2.45) is 0 Å². The molecule has 0 aromatic heterocycles. The van der Waals surface area contributed by atoms with Gasteiger partial charge in [0.15, 0.2) is 0 Å². The molecule has 0 radical (unpaired) electrons. The van der Waals surface area contributed by atoms with Crippen molar-refractivity contribution in [3.8, 4) is 0 Å². The second kappa shape index (κ2) is 4.13. The van der Waals surface area contributed by atoms with E-state index < -0.39 is 11.8 Å². The van der Waals surface area contributed by atoms with Crippen molar-refractivity contribution in [3.63, 3.8) is 0 Å². The second-order valence-corrected chi connectivity index (χ2v) is 3.34. The lowest BCUT2D eigenvalue weighted by Crippen LogP contribution is -2.11. The molecule has 1 aromatic rings. The summed E-state index contributed by atoms with van der Waals surface area (Å²) in [5, 5.41) is 8.67. The number of hydrogen-bond acceptors (Lipinski definition) is 2. The summed E-state index contributed by atoms with van der Waals surface area (Å²) < 4.78 is 13.4. The molecule has 0 aliphatic heterocycles. The number of rotatable bonds is 3. The van der Waals surface area contributed by atoms with Gasteiger partial charge in [-0.25, -0.2) is 9.18 Å². The van der Waals surface area contributed by atoms with E-state index in [4.69, 9.17) is 5.11 Å². The maximum Gasteiger partial charge on any atom is 0.335 e. The number of aliphatic carboxylic acids is 1. The number of carboxylic acids is 1. The summed E-state index contributed by atoms with van der Waals surface area (Å²) in [4.78, 5) is 12.2. The van der Waals surface area contributed by atoms with E-state index in [1.165, 1.54) is 18.2 Å². The molecule has 0 unspecified atom stereocenters. The Labute approximate surface area is 87.4 Å². The number of anilines is 1. The molecular weight excluding hydrogens is 197 g/mol. The van der Waals surface area contributed by atoms with E-state index in [1.54, 1.807) is 19.0 Å². The van der Waals surface area contributed by atoms with Gasteiger partial charge in [-0.1, -0.05) is 12.6 Å². The van der Waals surface area contributed by atoms with Crippen molar-refractivity contribution in [1.82, 2.24) is 0 Å². The predicted molar refractivity (Wildman–Crippen MR) is 57.4 cm³/mol. The Morgan fingerprint density at radius 2 is 2.07 bits per heavy atom. The molecule has 1 N–H and O–H groups in total. The molecule has 0 saturated heterocycles. The summed E-state index contributed by atoms with van der Waals surface area (Å²) in [6, 6.07) is 4.24. The Morgan fingerprint density at radius 3 is 2.47 bits per heavy atom. The number of carbonyl (C=O) groups is 1. The zero-order valence-corrected chi connectivity index (χ0v) is 8.62. The van der Waals surface area contributed by atoms with Crippen LogP contribution in [0.5, 0.6) is 0 Å². The number of hydrogen-bond donors (Lipinski definition) is 1. The van der Waals surface area contributed by atoms with Crippen LogP contribution in [0.4, 0.5) is 10.1 Å². The van der Waals surface area contributed by atoms with Crippen LogP contribution in [0, 0.1) is 5.82 Å². The van der Waals surface area contributed by atoms with Crippen LogP contribution in [0.2, 0.25) is 0 Å². The van der Waals surface area contributed by atoms with Crippen LogP contribution >= 0.6 is 0 Å². The van der Waals surface area contributed by atoms with Gasteiger partial charge in [0.25, 0.3) is 0 Å². The van der Waals surface area contributed by atoms with Crippen LogP contribution in [0.3, 0.4) is 0 Å². The molecular formula is C11H12FNO2. The van der Waals surface area contributed by atoms with Crippen molar-refractivity contribution in [2.45, 2.75) is 0 Å². The van der Waals surface area contributed by atoms with Gasteiger partial charge < -0.3 is 10.0 Å². The van der Waals surface area contributed by atoms with Gasteiger partial charge in [0.1, 0.15) is 5.82 Å². The van der Waals surface area contributed by atoms with Crippen molar-refractivity contribution < 1.29 is 14.3 Å². The lowest BCUT2D eigenvalue weighted by molar-refractivity contribution is -0.130. The number of carboxylic acid groups (broad SMARTS) is 1. The quantitative estimate of drug-likeness (QED) is 0.774. The molecule has 15 heavy (non-hydrogen) atoms. The van der Waals surface area contributed by atoms with Gasteiger partial charge in [-0.15, -0.1) is 0 Å². The standard InChI is InChI=1S/C11H12FNO2/c1-7(11(14)15)8-4-5-10(13(2)3)9(12)6-8/h4-6H,1H2,2-3H3,(H,14,15). The first-order valence-corrected chi connectivity index (χ1v) is 4.33. The third-order valence-corrected chi connectivity index (χ3v) is 2.04. The summed E-state index contributed by atoms with van der Waals surface area (Å²) in [6.07, 6.45) is 0. The highest BCUT2D eigenvalue weighted by atomic mass is 19.1. The molecule has 1 rings (SSSR count). The van der Waals surface area contributed by atoms with E-state index in [9.17, 15) is 9.18 Å². The minimum Gasteiger partial charge on any atom is -0.478 e. The average molecular weight is 209 g/mol. The third kappa shape index (κ3) is 2.34. The monoisotopic (exact) mass is 209 g/mol. The van der Waals surface area contributed by atoms with E-state index in [1.807, 2.05) is 0 Å².